The van der Waals surface area contributed by atoms with Gasteiger partial charge in [-0.1, -0.05) is 24.9 Å². The second-order valence-corrected chi connectivity index (χ2v) is 7.19. The molecule has 2 aromatic heterocycles. The van der Waals surface area contributed by atoms with Gasteiger partial charge in [0.05, 0.1) is 6.61 Å². The molecule has 1 N–H and O–H groups in total. The molecule has 6 nitrogen and oxygen atoms in total. The molecule has 0 radical (unpaired) electrons. The van der Waals surface area contributed by atoms with Gasteiger partial charge in [0.1, 0.15) is 0 Å². The minimum Gasteiger partial charge on any atom is -0.383 e. The molecular formula is C11H16ClN3O3S2. The molecule has 9 heteroatoms. The Labute approximate surface area is 126 Å². The lowest BCUT2D eigenvalue weighted by molar-refractivity contribution is 0.171. The monoisotopic (exact) mass is 337 g/mol. The molecule has 0 aliphatic carbocycles. The fourth-order valence-electron chi connectivity index (χ4n) is 1.98. The number of methoxy groups -OCH3 is 1. The predicted molar refractivity (Wildman–Crippen MR) is 79.0 cm³/mol. The van der Waals surface area contributed by atoms with Gasteiger partial charge in [0.15, 0.2) is 15.1 Å². The van der Waals surface area contributed by atoms with Crippen LogP contribution in [0.1, 0.15) is 19.8 Å². The van der Waals surface area contributed by atoms with E-state index in [9.17, 15) is 8.42 Å². The predicted octanol–water partition coefficient (Wildman–Crippen LogP) is 2.14. The molecule has 20 heavy (non-hydrogen) atoms. The molecular weight excluding hydrogens is 322 g/mol. The normalized spacial score (nSPS) is 13.9. The van der Waals surface area contributed by atoms with Crippen molar-refractivity contribution in [1.29, 1.82) is 0 Å². The minimum absolute atomic E-state index is 0.0167. The standard InChI is InChI=1S/C11H16ClN3O3S2/c1-3-4-8(7-18-2)14-20(16,17)10-9(12)13-11-15(10)5-6-19-11/h5-6,8,14H,3-4,7H2,1-2H3. The Bertz CT molecular complexity index is 674. The first-order valence-corrected chi connectivity index (χ1v) is 8.86. The average molecular weight is 338 g/mol. The number of hydrogen-bond acceptors (Lipinski definition) is 5. The maximum Gasteiger partial charge on any atom is 0.260 e. The maximum atomic E-state index is 12.5. The number of rotatable bonds is 7. The van der Waals surface area contributed by atoms with Crippen LogP contribution in [0.2, 0.25) is 5.15 Å². The van der Waals surface area contributed by atoms with Gasteiger partial charge in [-0.3, -0.25) is 4.40 Å². The third-order valence-corrected chi connectivity index (χ3v) is 5.43. The van der Waals surface area contributed by atoms with Crippen molar-refractivity contribution in [3.8, 4) is 0 Å². The van der Waals surface area contributed by atoms with E-state index in [0.717, 1.165) is 6.42 Å². The first kappa shape index (κ1) is 15.7. The number of sulfonamides is 1. The van der Waals surface area contributed by atoms with Crippen molar-refractivity contribution in [3.63, 3.8) is 0 Å². The number of thiazole rings is 1. The van der Waals surface area contributed by atoms with Crippen molar-refractivity contribution in [2.45, 2.75) is 30.8 Å². The van der Waals surface area contributed by atoms with E-state index >= 15 is 0 Å². The molecule has 0 amide bonds. The third kappa shape index (κ3) is 3.15. The fraction of sp³-hybridized carbons (Fsp3) is 0.545. The van der Waals surface area contributed by atoms with E-state index in [2.05, 4.69) is 9.71 Å². The maximum absolute atomic E-state index is 12.5. The molecule has 0 saturated heterocycles. The summed E-state index contributed by atoms with van der Waals surface area (Å²) < 4.78 is 34.1. The lowest BCUT2D eigenvalue weighted by Gasteiger charge is -2.16. The van der Waals surface area contributed by atoms with Gasteiger partial charge in [0, 0.05) is 24.7 Å². The lowest BCUT2D eigenvalue weighted by atomic mass is 10.2. The van der Waals surface area contributed by atoms with Crippen molar-refractivity contribution in [2.24, 2.45) is 0 Å². The number of fused-ring (bicyclic) bond motifs is 1. The molecule has 2 heterocycles. The van der Waals surface area contributed by atoms with E-state index in [4.69, 9.17) is 16.3 Å². The summed E-state index contributed by atoms with van der Waals surface area (Å²) >= 11 is 7.28. The summed E-state index contributed by atoms with van der Waals surface area (Å²) in [6.07, 6.45) is 3.18. The highest BCUT2D eigenvalue weighted by Gasteiger charge is 2.27. The van der Waals surface area contributed by atoms with Crippen LogP contribution in [0.4, 0.5) is 0 Å². The minimum atomic E-state index is -3.74. The van der Waals surface area contributed by atoms with Gasteiger partial charge >= 0.3 is 0 Å². The van der Waals surface area contributed by atoms with Crippen molar-refractivity contribution < 1.29 is 13.2 Å². The highest BCUT2D eigenvalue weighted by molar-refractivity contribution is 7.89. The van der Waals surface area contributed by atoms with Gasteiger partial charge in [-0.2, -0.15) is 0 Å². The zero-order chi connectivity index (χ0) is 14.8. The Morgan fingerprint density at radius 2 is 2.35 bits per heavy atom. The smallest absolute Gasteiger partial charge is 0.260 e. The average Bonchev–Trinajstić information content (AvgIpc) is 2.88. The summed E-state index contributed by atoms with van der Waals surface area (Å²) in [5, 5.41) is 1.72. The van der Waals surface area contributed by atoms with Gasteiger partial charge in [-0.15, -0.1) is 11.3 Å². The number of imidazole rings is 1. The number of aromatic nitrogens is 2. The summed E-state index contributed by atoms with van der Waals surface area (Å²) in [6.45, 7) is 2.30. The Kier molecular flexibility index (Phi) is 5.03. The van der Waals surface area contributed by atoms with Gasteiger partial charge in [0.2, 0.25) is 0 Å². The van der Waals surface area contributed by atoms with E-state index in [0.29, 0.717) is 18.0 Å². The van der Waals surface area contributed by atoms with Gasteiger partial charge in [-0.25, -0.2) is 18.1 Å². The van der Waals surface area contributed by atoms with Crippen molar-refractivity contribution in [3.05, 3.63) is 16.7 Å². The van der Waals surface area contributed by atoms with Crippen molar-refractivity contribution in [1.82, 2.24) is 14.1 Å². The van der Waals surface area contributed by atoms with Crippen LogP contribution in [0.25, 0.3) is 4.96 Å². The largest absolute Gasteiger partial charge is 0.383 e. The van der Waals surface area contributed by atoms with Crippen LogP contribution in [-0.2, 0) is 14.8 Å². The van der Waals surface area contributed by atoms with E-state index in [-0.39, 0.29) is 16.2 Å². The summed E-state index contributed by atoms with van der Waals surface area (Å²) in [6, 6.07) is -0.282. The van der Waals surface area contributed by atoms with Crippen LogP contribution in [0.5, 0.6) is 0 Å². The first-order valence-electron chi connectivity index (χ1n) is 6.12. The molecule has 0 aromatic carbocycles. The van der Waals surface area contributed by atoms with E-state index in [1.807, 2.05) is 6.92 Å². The topological polar surface area (TPSA) is 72.7 Å². The molecule has 1 atom stereocenters. The first-order chi connectivity index (χ1) is 9.49. The van der Waals surface area contributed by atoms with Gasteiger partial charge in [-0.05, 0) is 6.42 Å². The molecule has 0 fully saturated rings. The van der Waals surface area contributed by atoms with Crippen LogP contribution >= 0.6 is 22.9 Å². The van der Waals surface area contributed by atoms with Gasteiger partial charge in [0.25, 0.3) is 10.0 Å². The summed E-state index contributed by atoms with van der Waals surface area (Å²) in [7, 11) is -2.20. The number of halogens is 1. The SMILES string of the molecule is CCCC(COC)NS(=O)(=O)c1c(Cl)nc2sccn12. The van der Waals surface area contributed by atoms with Crippen LogP contribution < -0.4 is 4.72 Å². The van der Waals surface area contributed by atoms with E-state index < -0.39 is 10.0 Å². The molecule has 0 spiro atoms. The lowest BCUT2D eigenvalue weighted by Crippen LogP contribution is -2.38. The second kappa shape index (κ2) is 6.40. The zero-order valence-electron chi connectivity index (χ0n) is 11.2. The molecule has 1 unspecified atom stereocenters. The van der Waals surface area contributed by atoms with Crippen LogP contribution in [-0.4, -0.2) is 37.6 Å². The molecule has 2 rings (SSSR count). The summed E-state index contributed by atoms with van der Waals surface area (Å²) in [5.41, 5.74) is 0. The second-order valence-electron chi connectivity index (χ2n) is 4.33. The number of ether oxygens (including phenoxy) is 1. The summed E-state index contributed by atoms with van der Waals surface area (Å²) in [4.78, 5) is 4.59. The number of hydrogen-bond donors (Lipinski definition) is 1. The Balaban J connectivity index is 2.34. The quantitative estimate of drug-likeness (QED) is 0.840. The molecule has 0 bridgehead atoms. The molecule has 0 aliphatic rings. The molecule has 2 aromatic rings. The number of nitrogens with zero attached hydrogens (tertiary/aromatic N) is 2. The number of nitrogens with one attached hydrogen (secondary N) is 1. The van der Waals surface area contributed by atoms with Crippen molar-refractivity contribution >= 4 is 37.9 Å². The van der Waals surface area contributed by atoms with Gasteiger partial charge < -0.3 is 4.74 Å². The molecule has 0 aliphatic heterocycles. The van der Waals surface area contributed by atoms with Crippen LogP contribution in [0.3, 0.4) is 0 Å². The molecule has 0 saturated carbocycles. The van der Waals surface area contributed by atoms with Crippen molar-refractivity contribution in [2.75, 3.05) is 13.7 Å². The van der Waals surface area contributed by atoms with E-state index in [1.54, 1.807) is 18.7 Å². The Morgan fingerprint density at radius 3 is 3.00 bits per heavy atom. The van der Waals surface area contributed by atoms with Crippen LogP contribution in [0.15, 0.2) is 16.6 Å². The molecule has 112 valence electrons. The Hall–Kier alpha value is -0.670. The fourth-order valence-corrected chi connectivity index (χ4v) is 4.69. The Morgan fingerprint density at radius 1 is 1.60 bits per heavy atom. The highest BCUT2D eigenvalue weighted by Crippen LogP contribution is 2.25. The highest BCUT2D eigenvalue weighted by atomic mass is 35.5. The summed E-state index contributed by atoms with van der Waals surface area (Å²) in [5.74, 6) is 0. The van der Waals surface area contributed by atoms with Crippen LogP contribution in [0, 0.1) is 0 Å². The third-order valence-electron chi connectivity index (χ3n) is 2.76. The van der Waals surface area contributed by atoms with E-state index in [1.165, 1.54) is 15.7 Å². The zero-order valence-corrected chi connectivity index (χ0v) is 13.6.